The third kappa shape index (κ3) is 3.57. The van der Waals surface area contributed by atoms with Gasteiger partial charge in [0, 0.05) is 18.0 Å². The second-order valence-corrected chi connectivity index (χ2v) is 10.8. The van der Waals surface area contributed by atoms with E-state index < -0.39 is 47.6 Å². The van der Waals surface area contributed by atoms with Crippen LogP contribution in [-0.4, -0.2) is 54.7 Å². The Bertz CT molecular complexity index is 819. The fourth-order valence-electron chi connectivity index (χ4n) is 2.20. The molecule has 1 aliphatic heterocycles. The predicted molar refractivity (Wildman–Crippen MR) is 78.2 cm³/mol. The summed E-state index contributed by atoms with van der Waals surface area (Å²) in [5, 5.41) is 44.4. The van der Waals surface area contributed by atoms with Crippen LogP contribution in [0.2, 0.25) is 0 Å². The number of hydrogen-bond acceptors (Lipinski definition) is 10. The van der Waals surface area contributed by atoms with Crippen molar-refractivity contribution in [3.8, 4) is 0 Å². The van der Waals surface area contributed by atoms with Gasteiger partial charge in [0.2, 0.25) is 19.9 Å². The Balaban J connectivity index is 2.56. The molecule has 132 valence electrons. The number of primary sulfonamides is 1. The normalized spacial score (nSPS) is 27.7. The van der Waals surface area contributed by atoms with Gasteiger partial charge >= 0.3 is 0 Å². The van der Waals surface area contributed by atoms with Crippen LogP contribution >= 0.6 is 11.3 Å². The topological polar surface area (TPSA) is 187 Å². The van der Waals surface area contributed by atoms with Gasteiger partial charge in [0.25, 0.3) is 5.97 Å². The van der Waals surface area contributed by atoms with E-state index in [0.29, 0.717) is 11.3 Å². The molecule has 1 aliphatic rings. The first-order valence-electron chi connectivity index (χ1n) is 6.19. The van der Waals surface area contributed by atoms with Crippen LogP contribution in [0.15, 0.2) is 14.5 Å². The summed E-state index contributed by atoms with van der Waals surface area (Å²) in [6.45, 7) is 0.286. The molecule has 0 bridgehead atoms. The minimum Gasteiger partial charge on any atom is -0.374 e. The summed E-state index contributed by atoms with van der Waals surface area (Å²) in [4.78, 5) is -2.21. The molecule has 0 aromatic carbocycles. The number of nitrogens with one attached hydrogen (secondary N) is 1. The molecule has 1 aromatic rings. The highest BCUT2D eigenvalue weighted by Crippen LogP contribution is 2.46. The van der Waals surface area contributed by atoms with E-state index in [1.807, 2.05) is 0 Å². The Labute approximate surface area is 136 Å². The highest BCUT2D eigenvalue weighted by molar-refractivity contribution is 7.96. The van der Waals surface area contributed by atoms with E-state index in [9.17, 15) is 21.9 Å². The van der Waals surface area contributed by atoms with E-state index in [-0.39, 0.29) is 16.2 Å². The second kappa shape index (κ2) is 5.44. The van der Waals surface area contributed by atoms with Crippen LogP contribution in [0.1, 0.15) is 24.9 Å². The highest BCUT2D eigenvalue weighted by Gasteiger charge is 2.49. The molecule has 0 saturated heterocycles. The molecule has 0 amide bonds. The first-order chi connectivity index (χ1) is 10.2. The maximum atomic E-state index is 12.4. The second-order valence-electron chi connectivity index (χ2n) is 5.44. The summed E-state index contributed by atoms with van der Waals surface area (Å²) < 4.78 is 46.8. The molecule has 1 aromatic heterocycles. The molecule has 2 unspecified atom stereocenters. The van der Waals surface area contributed by atoms with Crippen molar-refractivity contribution >= 4 is 31.2 Å². The lowest BCUT2D eigenvalue weighted by atomic mass is 10.0. The van der Waals surface area contributed by atoms with Crippen molar-refractivity contribution in [2.24, 2.45) is 5.14 Å². The standard InChI is InChI=1S/C10H16N2O8S3/c1-9(13)3-6(12-4-10(14,15)16)5-2-7(23(11,19)20)21-8(5)22(9,17)18/h2,6,12-16H,3-4H2,1H3,(H2,11,19,20). The van der Waals surface area contributed by atoms with Gasteiger partial charge in [-0.05, 0) is 13.0 Å². The molecule has 0 aliphatic carbocycles. The molecule has 7 N–H and O–H groups in total. The summed E-state index contributed by atoms with van der Waals surface area (Å²) in [5.41, 5.74) is 0.0230. The van der Waals surface area contributed by atoms with E-state index in [0.717, 1.165) is 13.0 Å². The Morgan fingerprint density at radius 2 is 2.04 bits per heavy atom. The fourth-order valence-corrected chi connectivity index (χ4v) is 6.59. The molecule has 23 heavy (non-hydrogen) atoms. The Hall–Kier alpha value is -0.640. The number of aliphatic hydroxyl groups is 4. The van der Waals surface area contributed by atoms with Crippen molar-refractivity contribution in [3.63, 3.8) is 0 Å². The van der Waals surface area contributed by atoms with Gasteiger partial charge in [-0.3, -0.25) is 0 Å². The summed E-state index contributed by atoms with van der Waals surface area (Å²) in [6, 6.07) is 0.106. The van der Waals surface area contributed by atoms with Gasteiger partial charge in [-0.2, -0.15) is 0 Å². The van der Waals surface area contributed by atoms with Crippen LogP contribution in [0, 0.1) is 0 Å². The Morgan fingerprint density at radius 1 is 1.48 bits per heavy atom. The minimum absolute atomic E-state index is 0.0230. The zero-order valence-corrected chi connectivity index (χ0v) is 14.2. The molecule has 0 fully saturated rings. The molecule has 10 nitrogen and oxygen atoms in total. The summed E-state index contributed by atoms with van der Waals surface area (Å²) in [7, 11) is -8.37. The average Bonchev–Trinajstić information content (AvgIpc) is 2.77. The van der Waals surface area contributed by atoms with Gasteiger partial charge in [-0.25, -0.2) is 22.0 Å². The quantitative estimate of drug-likeness (QED) is 0.304. The number of thiophene rings is 1. The smallest absolute Gasteiger partial charge is 0.288 e. The van der Waals surface area contributed by atoms with Crippen molar-refractivity contribution in [1.29, 1.82) is 0 Å². The van der Waals surface area contributed by atoms with Crippen LogP contribution < -0.4 is 10.5 Å². The molecule has 2 atom stereocenters. The number of rotatable bonds is 4. The van der Waals surface area contributed by atoms with Crippen LogP contribution in [0.3, 0.4) is 0 Å². The van der Waals surface area contributed by atoms with Gasteiger partial charge in [0.15, 0.2) is 4.93 Å². The van der Waals surface area contributed by atoms with Gasteiger partial charge in [0.05, 0.1) is 6.54 Å². The summed E-state index contributed by atoms with van der Waals surface area (Å²) in [5.74, 6) is -3.05. The zero-order valence-electron chi connectivity index (χ0n) is 11.8. The van der Waals surface area contributed by atoms with E-state index >= 15 is 0 Å². The Kier molecular flexibility index (Phi) is 4.42. The van der Waals surface area contributed by atoms with Crippen molar-refractivity contribution in [3.05, 3.63) is 11.6 Å². The number of nitrogens with two attached hydrogens (primary N) is 1. The Morgan fingerprint density at radius 3 is 2.52 bits per heavy atom. The van der Waals surface area contributed by atoms with Crippen LogP contribution in [0.5, 0.6) is 0 Å². The average molecular weight is 388 g/mol. The molecule has 0 radical (unpaired) electrons. The van der Waals surface area contributed by atoms with Crippen molar-refractivity contribution < 1.29 is 37.3 Å². The number of sulfonamides is 1. The van der Waals surface area contributed by atoms with Crippen LogP contribution in [0.25, 0.3) is 0 Å². The lowest BCUT2D eigenvalue weighted by Gasteiger charge is -2.34. The van der Waals surface area contributed by atoms with Gasteiger partial charge < -0.3 is 25.7 Å². The predicted octanol–water partition coefficient (Wildman–Crippen LogP) is -2.46. The van der Waals surface area contributed by atoms with Gasteiger partial charge in [-0.15, -0.1) is 11.3 Å². The van der Waals surface area contributed by atoms with Gasteiger partial charge in [0.1, 0.15) is 8.42 Å². The fraction of sp³-hybridized carbons (Fsp3) is 0.600. The van der Waals surface area contributed by atoms with Crippen molar-refractivity contribution in [1.82, 2.24) is 5.32 Å². The first-order valence-corrected chi connectivity index (χ1v) is 10.0. The maximum Gasteiger partial charge on any atom is 0.288 e. The summed E-state index contributed by atoms with van der Waals surface area (Å²) in [6.07, 6.45) is -0.390. The highest BCUT2D eigenvalue weighted by atomic mass is 32.3. The first kappa shape index (κ1) is 18.7. The molecular weight excluding hydrogens is 372 g/mol. The largest absolute Gasteiger partial charge is 0.374 e. The molecule has 2 heterocycles. The monoisotopic (exact) mass is 388 g/mol. The zero-order chi connectivity index (χ0) is 17.8. The maximum absolute atomic E-state index is 12.4. The van der Waals surface area contributed by atoms with Crippen molar-refractivity contribution in [2.45, 2.75) is 38.7 Å². The van der Waals surface area contributed by atoms with E-state index in [2.05, 4.69) is 5.32 Å². The molecular formula is C10H16N2O8S3. The van der Waals surface area contributed by atoms with Crippen molar-refractivity contribution in [2.75, 3.05) is 6.54 Å². The number of fused-ring (bicyclic) bond motifs is 1. The van der Waals surface area contributed by atoms with E-state index in [1.165, 1.54) is 0 Å². The lowest BCUT2D eigenvalue weighted by Crippen LogP contribution is -2.47. The third-order valence-corrected chi connectivity index (χ3v) is 8.67. The van der Waals surface area contributed by atoms with E-state index in [4.69, 9.17) is 20.5 Å². The summed E-state index contributed by atoms with van der Waals surface area (Å²) >= 11 is 0.400. The molecule has 0 spiro atoms. The van der Waals surface area contributed by atoms with Crippen LogP contribution in [0.4, 0.5) is 0 Å². The molecule has 0 saturated carbocycles. The molecule has 2 rings (SSSR count). The third-order valence-electron chi connectivity index (χ3n) is 3.35. The number of sulfone groups is 1. The van der Waals surface area contributed by atoms with Crippen LogP contribution in [-0.2, 0) is 19.9 Å². The minimum atomic E-state index is -4.22. The van der Waals surface area contributed by atoms with E-state index in [1.54, 1.807) is 0 Å². The SMILES string of the molecule is CC1(O)CC(NCC(O)(O)O)c2cc(S(N)(=O)=O)sc2S1(=O)=O. The van der Waals surface area contributed by atoms with Gasteiger partial charge in [-0.1, -0.05) is 0 Å². The lowest BCUT2D eigenvalue weighted by molar-refractivity contribution is -0.307. The number of hydrogen-bond donors (Lipinski definition) is 6. The molecule has 13 heteroatoms.